The van der Waals surface area contributed by atoms with E-state index in [1.54, 1.807) is 0 Å². The van der Waals surface area contributed by atoms with Crippen molar-refractivity contribution in [2.45, 2.75) is 57.4 Å². The van der Waals surface area contributed by atoms with Gasteiger partial charge in [0.15, 0.2) is 0 Å². The zero-order valence-corrected chi connectivity index (χ0v) is 12.3. The Balaban J connectivity index is 1.72. The van der Waals surface area contributed by atoms with E-state index in [4.69, 9.17) is 10.5 Å². The summed E-state index contributed by atoms with van der Waals surface area (Å²) in [6.07, 6.45) is 8.49. The standard InChI is InChI=1S/C15H26N4O/c16-8-4-14-15(13-6-10-20-11-7-13)19(18-17-14)9-5-12-2-1-3-12/h12-13H,1-11,16H2. The molecule has 1 saturated carbocycles. The number of hydrogen-bond donors (Lipinski definition) is 1. The highest BCUT2D eigenvalue weighted by atomic mass is 16.5. The number of nitrogens with zero attached hydrogens (tertiary/aromatic N) is 3. The first-order valence-electron chi connectivity index (χ1n) is 8.08. The number of hydrogen-bond acceptors (Lipinski definition) is 4. The average molecular weight is 278 g/mol. The van der Waals surface area contributed by atoms with Crippen LogP contribution in [0.25, 0.3) is 0 Å². The van der Waals surface area contributed by atoms with Crippen molar-refractivity contribution in [1.29, 1.82) is 0 Å². The monoisotopic (exact) mass is 278 g/mol. The van der Waals surface area contributed by atoms with Gasteiger partial charge in [-0.25, -0.2) is 4.68 Å². The molecular formula is C15H26N4O. The molecule has 0 aromatic carbocycles. The first-order valence-corrected chi connectivity index (χ1v) is 8.08. The van der Waals surface area contributed by atoms with E-state index >= 15 is 0 Å². The average Bonchev–Trinajstić information content (AvgIpc) is 2.81. The molecule has 5 heteroatoms. The van der Waals surface area contributed by atoms with Gasteiger partial charge in [0.25, 0.3) is 0 Å². The highest BCUT2D eigenvalue weighted by molar-refractivity contribution is 5.17. The van der Waals surface area contributed by atoms with E-state index in [0.29, 0.717) is 12.5 Å². The molecular weight excluding hydrogens is 252 g/mol. The Bertz CT molecular complexity index is 422. The van der Waals surface area contributed by atoms with Crippen molar-refractivity contribution in [2.75, 3.05) is 19.8 Å². The van der Waals surface area contributed by atoms with Crippen LogP contribution in [-0.4, -0.2) is 34.8 Å². The fourth-order valence-corrected chi connectivity index (χ4v) is 3.34. The van der Waals surface area contributed by atoms with Crippen molar-refractivity contribution in [1.82, 2.24) is 15.0 Å². The van der Waals surface area contributed by atoms with Crippen LogP contribution in [0.1, 0.15) is 55.8 Å². The maximum atomic E-state index is 5.72. The predicted octanol–water partition coefficient (Wildman–Crippen LogP) is 1.86. The van der Waals surface area contributed by atoms with Crippen molar-refractivity contribution in [2.24, 2.45) is 11.7 Å². The van der Waals surface area contributed by atoms with Gasteiger partial charge in [0.1, 0.15) is 0 Å². The molecule has 1 aliphatic carbocycles. The van der Waals surface area contributed by atoms with Crippen LogP contribution in [-0.2, 0) is 17.7 Å². The lowest BCUT2D eigenvalue weighted by atomic mass is 9.83. The molecule has 0 atom stereocenters. The summed E-state index contributed by atoms with van der Waals surface area (Å²) in [7, 11) is 0. The minimum absolute atomic E-state index is 0.557. The van der Waals surface area contributed by atoms with Gasteiger partial charge >= 0.3 is 0 Å². The summed E-state index contributed by atoms with van der Waals surface area (Å²) in [5.41, 5.74) is 8.18. The van der Waals surface area contributed by atoms with Gasteiger partial charge in [0.05, 0.1) is 11.4 Å². The van der Waals surface area contributed by atoms with Crippen LogP contribution in [0, 0.1) is 5.92 Å². The van der Waals surface area contributed by atoms with E-state index in [2.05, 4.69) is 15.0 Å². The molecule has 0 radical (unpaired) electrons. The maximum absolute atomic E-state index is 5.72. The van der Waals surface area contributed by atoms with E-state index in [-0.39, 0.29) is 0 Å². The second-order valence-electron chi connectivity index (χ2n) is 6.16. The van der Waals surface area contributed by atoms with Gasteiger partial charge in [-0.15, -0.1) is 5.10 Å². The molecule has 2 heterocycles. The summed E-state index contributed by atoms with van der Waals surface area (Å²) in [5, 5.41) is 8.81. The van der Waals surface area contributed by atoms with Gasteiger partial charge < -0.3 is 10.5 Å². The van der Waals surface area contributed by atoms with Gasteiger partial charge in [-0.3, -0.25) is 0 Å². The summed E-state index contributed by atoms with van der Waals surface area (Å²) in [6.45, 7) is 3.40. The SMILES string of the molecule is NCCc1nnn(CCC2CCC2)c1C1CCOCC1. The van der Waals surface area contributed by atoms with Gasteiger partial charge in [0.2, 0.25) is 0 Å². The molecule has 2 fully saturated rings. The Labute approximate surface area is 120 Å². The van der Waals surface area contributed by atoms with Gasteiger partial charge in [-0.05, 0) is 31.7 Å². The fraction of sp³-hybridized carbons (Fsp3) is 0.867. The van der Waals surface area contributed by atoms with E-state index in [0.717, 1.165) is 50.6 Å². The lowest BCUT2D eigenvalue weighted by molar-refractivity contribution is 0.0831. The quantitative estimate of drug-likeness (QED) is 0.862. The molecule has 1 aliphatic heterocycles. The number of aryl methyl sites for hydroxylation is 1. The van der Waals surface area contributed by atoms with Gasteiger partial charge in [-0.2, -0.15) is 0 Å². The minimum atomic E-state index is 0.557. The lowest BCUT2D eigenvalue weighted by Gasteiger charge is -2.27. The third-order valence-electron chi connectivity index (χ3n) is 4.81. The first-order chi connectivity index (χ1) is 9.88. The summed E-state index contributed by atoms with van der Waals surface area (Å²) in [4.78, 5) is 0. The molecule has 1 aromatic rings. The van der Waals surface area contributed by atoms with Crippen LogP contribution >= 0.6 is 0 Å². The van der Waals surface area contributed by atoms with Crippen molar-refractivity contribution in [3.63, 3.8) is 0 Å². The molecule has 0 unspecified atom stereocenters. The molecule has 0 spiro atoms. The first kappa shape index (κ1) is 14.0. The van der Waals surface area contributed by atoms with Crippen LogP contribution in [0.2, 0.25) is 0 Å². The van der Waals surface area contributed by atoms with Crippen LogP contribution in [0.3, 0.4) is 0 Å². The molecule has 2 aliphatic rings. The molecule has 3 rings (SSSR count). The normalized spacial score (nSPS) is 21.1. The lowest BCUT2D eigenvalue weighted by Crippen LogP contribution is -2.21. The van der Waals surface area contributed by atoms with Crippen LogP contribution < -0.4 is 5.73 Å². The second kappa shape index (κ2) is 6.68. The zero-order valence-electron chi connectivity index (χ0n) is 12.3. The number of nitrogens with two attached hydrogens (primary N) is 1. The summed E-state index contributed by atoms with van der Waals surface area (Å²) < 4.78 is 7.65. The van der Waals surface area contributed by atoms with Crippen molar-refractivity contribution in [3.8, 4) is 0 Å². The Morgan fingerprint density at radius 1 is 1.20 bits per heavy atom. The third-order valence-corrected chi connectivity index (χ3v) is 4.81. The van der Waals surface area contributed by atoms with E-state index in [9.17, 15) is 0 Å². The van der Waals surface area contributed by atoms with E-state index in [1.807, 2.05) is 0 Å². The maximum Gasteiger partial charge on any atom is 0.0874 e. The highest BCUT2D eigenvalue weighted by Crippen LogP contribution is 2.32. The van der Waals surface area contributed by atoms with E-state index < -0.39 is 0 Å². The fourth-order valence-electron chi connectivity index (χ4n) is 3.34. The Kier molecular flexibility index (Phi) is 4.68. The molecule has 112 valence electrons. The van der Waals surface area contributed by atoms with Crippen molar-refractivity contribution >= 4 is 0 Å². The number of ether oxygens (including phenoxy) is 1. The molecule has 1 aromatic heterocycles. The number of aromatic nitrogens is 3. The summed E-state index contributed by atoms with van der Waals surface area (Å²) in [6, 6.07) is 0. The van der Waals surface area contributed by atoms with Gasteiger partial charge in [0, 0.05) is 32.1 Å². The molecule has 0 bridgehead atoms. The molecule has 2 N–H and O–H groups in total. The molecule has 5 nitrogen and oxygen atoms in total. The largest absolute Gasteiger partial charge is 0.381 e. The van der Waals surface area contributed by atoms with E-state index in [1.165, 1.54) is 31.4 Å². The van der Waals surface area contributed by atoms with Crippen molar-refractivity contribution < 1.29 is 4.74 Å². The second-order valence-corrected chi connectivity index (χ2v) is 6.16. The van der Waals surface area contributed by atoms with Crippen LogP contribution in [0.4, 0.5) is 0 Å². The molecule has 0 amide bonds. The Morgan fingerprint density at radius 3 is 2.65 bits per heavy atom. The highest BCUT2D eigenvalue weighted by Gasteiger charge is 2.25. The summed E-state index contributed by atoms with van der Waals surface area (Å²) >= 11 is 0. The van der Waals surface area contributed by atoms with Crippen molar-refractivity contribution in [3.05, 3.63) is 11.4 Å². The van der Waals surface area contributed by atoms with Gasteiger partial charge in [-0.1, -0.05) is 24.5 Å². The Morgan fingerprint density at radius 2 is 2.00 bits per heavy atom. The van der Waals surface area contributed by atoms with Crippen LogP contribution in [0.15, 0.2) is 0 Å². The van der Waals surface area contributed by atoms with Crippen LogP contribution in [0.5, 0.6) is 0 Å². The number of rotatable bonds is 6. The zero-order chi connectivity index (χ0) is 13.8. The topological polar surface area (TPSA) is 66.0 Å². The minimum Gasteiger partial charge on any atom is -0.381 e. The molecule has 1 saturated heterocycles. The predicted molar refractivity (Wildman–Crippen MR) is 77.5 cm³/mol. The molecule has 20 heavy (non-hydrogen) atoms. The Hall–Kier alpha value is -0.940. The third kappa shape index (κ3) is 3.04. The smallest absolute Gasteiger partial charge is 0.0874 e. The summed E-state index contributed by atoms with van der Waals surface area (Å²) in [5.74, 6) is 1.47.